The minimum absolute atomic E-state index is 0.296. The molecule has 3 N–H and O–H groups in total. The van der Waals surface area contributed by atoms with Gasteiger partial charge in [-0.1, -0.05) is 29.8 Å². The number of hydrogen-bond acceptors (Lipinski definition) is 4. The Morgan fingerprint density at radius 2 is 1.92 bits per heavy atom. The van der Waals surface area contributed by atoms with E-state index in [-0.39, 0.29) is 11.8 Å². The third-order valence-corrected chi connectivity index (χ3v) is 3.98. The summed E-state index contributed by atoms with van der Waals surface area (Å²) in [6, 6.07) is 11.8. The van der Waals surface area contributed by atoms with Crippen molar-refractivity contribution >= 4 is 29.1 Å². The van der Waals surface area contributed by atoms with E-state index in [2.05, 4.69) is 25.8 Å². The fraction of sp³-hybridized carbons (Fsp3) is 0.111. The first kappa shape index (κ1) is 17.6. The maximum absolute atomic E-state index is 12.7. The van der Waals surface area contributed by atoms with Gasteiger partial charge in [0.25, 0.3) is 11.8 Å². The summed E-state index contributed by atoms with van der Waals surface area (Å²) in [5.74, 6) is -0.133. The number of aromatic amines is 1. The second-order valence-electron chi connectivity index (χ2n) is 5.39. The van der Waals surface area contributed by atoms with Crippen LogP contribution in [0.3, 0.4) is 0 Å². The molecule has 0 saturated carbocycles. The highest BCUT2D eigenvalue weighted by atomic mass is 35.5. The summed E-state index contributed by atoms with van der Waals surface area (Å²) >= 11 is 6.08. The van der Waals surface area contributed by atoms with E-state index < -0.39 is 0 Å². The molecule has 0 aliphatic carbocycles. The molecule has 0 saturated heterocycles. The third kappa shape index (κ3) is 3.73. The molecule has 0 unspecified atom stereocenters. The van der Waals surface area contributed by atoms with Gasteiger partial charge in [0.05, 0.1) is 16.1 Å². The molecule has 7 nitrogen and oxygen atoms in total. The Labute approximate surface area is 154 Å². The van der Waals surface area contributed by atoms with Crippen LogP contribution in [0, 0.1) is 0 Å². The first-order valence-electron chi connectivity index (χ1n) is 7.94. The topological polar surface area (TPSA) is 99.8 Å². The Balaban J connectivity index is 1.88. The molecule has 2 aromatic carbocycles. The molecular weight excluding hydrogens is 354 g/mol. The second-order valence-corrected chi connectivity index (χ2v) is 5.80. The Kier molecular flexibility index (Phi) is 5.28. The van der Waals surface area contributed by atoms with Crippen molar-refractivity contribution in [1.29, 1.82) is 0 Å². The minimum atomic E-state index is -0.332. The average molecular weight is 370 g/mol. The lowest BCUT2D eigenvalue weighted by Gasteiger charge is -2.11. The molecular formula is C18H16ClN5O2. The lowest BCUT2D eigenvalue weighted by Crippen LogP contribution is -2.23. The van der Waals surface area contributed by atoms with Crippen LogP contribution in [0.25, 0.3) is 11.4 Å². The molecule has 132 valence electrons. The minimum Gasteiger partial charge on any atom is -0.352 e. The fourth-order valence-electron chi connectivity index (χ4n) is 2.45. The van der Waals surface area contributed by atoms with Crippen LogP contribution in [0.4, 0.5) is 5.69 Å². The summed E-state index contributed by atoms with van der Waals surface area (Å²) in [5, 5.41) is 12.3. The van der Waals surface area contributed by atoms with Gasteiger partial charge in [0.2, 0.25) is 0 Å². The predicted octanol–water partition coefficient (Wildman–Crippen LogP) is 3.13. The molecule has 3 aromatic rings. The van der Waals surface area contributed by atoms with Crippen molar-refractivity contribution < 1.29 is 9.59 Å². The van der Waals surface area contributed by atoms with E-state index in [4.69, 9.17) is 11.6 Å². The Bertz CT molecular complexity index is 941. The molecule has 0 radical (unpaired) electrons. The number of hydrogen-bond donors (Lipinski definition) is 3. The highest BCUT2D eigenvalue weighted by Gasteiger charge is 2.16. The normalized spacial score (nSPS) is 10.4. The SMILES string of the molecule is CCNC(=O)c1cc(NC(=O)c2ccccc2-c2ncn[nH]2)ccc1Cl. The van der Waals surface area contributed by atoms with Crippen LogP contribution in [0.5, 0.6) is 0 Å². The van der Waals surface area contributed by atoms with Gasteiger partial charge in [-0.2, -0.15) is 5.10 Å². The summed E-state index contributed by atoms with van der Waals surface area (Å²) in [6.07, 6.45) is 1.38. The number of aromatic nitrogens is 3. The van der Waals surface area contributed by atoms with Crippen LogP contribution in [-0.4, -0.2) is 33.5 Å². The molecule has 8 heteroatoms. The van der Waals surface area contributed by atoms with E-state index in [0.717, 1.165) is 0 Å². The highest BCUT2D eigenvalue weighted by molar-refractivity contribution is 6.34. The maximum atomic E-state index is 12.7. The largest absolute Gasteiger partial charge is 0.352 e. The van der Waals surface area contributed by atoms with Gasteiger partial charge in [-0.05, 0) is 31.2 Å². The van der Waals surface area contributed by atoms with Gasteiger partial charge in [0.15, 0.2) is 5.82 Å². The third-order valence-electron chi connectivity index (χ3n) is 3.65. The van der Waals surface area contributed by atoms with E-state index in [9.17, 15) is 9.59 Å². The zero-order valence-corrected chi connectivity index (χ0v) is 14.7. The molecule has 1 aromatic heterocycles. The van der Waals surface area contributed by atoms with Crippen LogP contribution < -0.4 is 10.6 Å². The van der Waals surface area contributed by atoms with E-state index in [1.807, 2.05) is 13.0 Å². The predicted molar refractivity (Wildman–Crippen MR) is 99.2 cm³/mol. The second kappa shape index (κ2) is 7.79. The summed E-state index contributed by atoms with van der Waals surface area (Å²) in [6.45, 7) is 2.30. The first-order valence-corrected chi connectivity index (χ1v) is 8.31. The Morgan fingerprint density at radius 3 is 2.65 bits per heavy atom. The number of anilines is 1. The van der Waals surface area contributed by atoms with Crippen molar-refractivity contribution in [2.24, 2.45) is 0 Å². The van der Waals surface area contributed by atoms with Gasteiger partial charge in [-0.15, -0.1) is 0 Å². The number of H-pyrrole nitrogens is 1. The van der Waals surface area contributed by atoms with Crippen molar-refractivity contribution in [1.82, 2.24) is 20.5 Å². The summed E-state index contributed by atoms with van der Waals surface area (Å²) in [5.41, 5.74) is 1.82. The Morgan fingerprint density at radius 1 is 1.12 bits per heavy atom. The van der Waals surface area contributed by atoms with E-state index >= 15 is 0 Å². The molecule has 0 aliphatic heterocycles. The van der Waals surface area contributed by atoms with Gasteiger partial charge in [0.1, 0.15) is 6.33 Å². The van der Waals surface area contributed by atoms with Crippen molar-refractivity contribution in [3.63, 3.8) is 0 Å². The molecule has 0 spiro atoms. The first-order chi connectivity index (χ1) is 12.6. The fourth-order valence-corrected chi connectivity index (χ4v) is 2.66. The van der Waals surface area contributed by atoms with E-state index in [1.165, 1.54) is 6.33 Å². The zero-order valence-electron chi connectivity index (χ0n) is 13.9. The number of rotatable bonds is 5. The van der Waals surface area contributed by atoms with Crippen molar-refractivity contribution in [2.75, 3.05) is 11.9 Å². The van der Waals surface area contributed by atoms with Gasteiger partial charge in [-0.25, -0.2) is 4.98 Å². The monoisotopic (exact) mass is 369 g/mol. The number of halogens is 1. The number of benzene rings is 2. The van der Waals surface area contributed by atoms with E-state index in [1.54, 1.807) is 36.4 Å². The summed E-state index contributed by atoms with van der Waals surface area (Å²) in [7, 11) is 0. The lowest BCUT2D eigenvalue weighted by atomic mass is 10.1. The number of carbonyl (C=O) groups is 2. The quantitative estimate of drug-likeness (QED) is 0.643. The van der Waals surface area contributed by atoms with Crippen molar-refractivity contribution in [3.05, 3.63) is 64.9 Å². The van der Waals surface area contributed by atoms with Crippen molar-refractivity contribution in [3.8, 4) is 11.4 Å². The van der Waals surface area contributed by atoms with Gasteiger partial charge in [-0.3, -0.25) is 14.7 Å². The average Bonchev–Trinajstić information content (AvgIpc) is 3.18. The van der Waals surface area contributed by atoms with Crippen molar-refractivity contribution in [2.45, 2.75) is 6.92 Å². The molecule has 2 amide bonds. The van der Waals surface area contributed by atoms with Crippen LogP contribution in [-0.2, 0) is 0 Å². The molecule has 0 bridgehead atoms. The van der Waals surface area contributed by atoms with Crippen LogP contribution in [0.2, 0.25) is 5.02 Å². The van der Waals surface area contributed by atoms with Crippen LogP contribution in [0.1, 0.15) is 27.6 Å². The van der Waals surface area contributed by atoms with Gasteiger partial charge >= 0.3 is 0 Å². The number of carbonyl (C=O) groups excluding carboxylic acids is 2. The van der Waals surface area contributed by atoms with Gasteiger partial charge < -0.3 is 10.6 Å². The molecule has 0 atom stereocenters. The molecule has 1 heterocycles. The van der Waals surface area contributed by atoms with Gasteiger partial charge in [0, 0.05) is 17.8 Å². The highest BCUT2D eigenvalue weighted by Crippen LogP contribution is 2.23. The van der Waals surface area contributed by atoms with E-state index in [0.29, 0.717) is 39.8 Å². The Hall–Kier alpha value is -3.19. The summed E-state index contributed by atoms with van der Waals surface area (Å²) < 4.78 is 0. The molecule has 0 fully saturated rings. The van der Waals surface area contributed by atoms with Crippen LogP contribution >= 0.6 is 11.6 Å². The molecule has 26 heavy (non-hydrogen) atoms. The standard InChI is InChI=1S/C18H16ClN5O2/c1-2-20-17(25)14-9-11(7-8-15(14)19)23-18(26)13-6-4-3-5-12(13)16-21-10-22-24-16/h3-10H,2H2,1H3,(H,20,25)(H,23,26)(H,21,22,24). The number of amides is 2. The molecule has 0 aliphatic rings. The smallest absolute Gasteiger partial charge is 0.256 e. The van der Waals surface area contributed by atoms with Crippen LogP contribution in [0.15, 0.2) is 48.8 Å². The number of nitrogens with one attached hydrogen (secondary N) is 3. The molecule has 3 rings (SSSR count). The lowest BCUT2D eigenvalue weighted by molar-refractivity contribution is 0.0954. The number of nitrogens with zero attached hydrogens (tertiary/aromatic N) is 2. The summed E-state index contributed by atoms with van der Waals surface area (Å²) in [4.78, 5) is 28.9. The zero-order chi connectivity index (χ0) is 18.5. The maximum Gasteiger partial charge on any atom is 0.256 e.